The van der Waals surface area contributed by atoms with Crippen LogP contribution in [0.1, 0.15) is 16.2 Å². The van der Waals surface area contributed by atoms with Gasteiger partial charge in [-0.1, -0.05) is 5.10 Å². The molecule has 88 valence electrons. The zero-order chi connectivity index (χ0) is 12.4. The van der Waals surface area contributed by atoms with Crippen molar-refractivity contribution >= 4 is 11.9 Å². The summed E-state index contributed by atoms with van der Waals surface area (Å²) in [5.41, 5.74) is 0.0818. The summed E-state index contributed by atoms with van der Waals surface area (Å²) < 4.78 is 4.96. The maximum atomic E-state index is 11.7. The van der Waals surface area contributed by atoms with Crippen LogP contribution in [0.3, 0.4) is 0 Å². The number of aromatic hydroxyl groups is 2. The van der Waals surface area contributed by atoms with Gasteiger partial charge in [-0.3, -0.25) is 10.1 Å². The molecule has 2 rings (SSSR count). The zero-order valence-electron chi connectivity index (χ0n) is 8.84. The second-order valence-electron chi connectivity index (χ2n) is 3.32. The Labute approximate surface area is 95.7 Å². The first-order valence-electron chi connectivity index (χ1n) is 4.69. The molecule has 0 aliphatic carbocycles. The summed E-state index contributed by atoms with van der Waals surface area (Å²) in [4.78, 5) is 11.7. The minimum Gasteiger partial charge on any atom is -0.508 e. The average molecular weight is 235 g/mol. The summed E-state index contributed by atoms with van der Waals surface area (Å²) in [6.45, 7) is 1.59. The van der Waals surface area contributed by atoms with Gasteiger partial charge in [0.1, 0.15) is 11.5 Å². The molecule has 0 fully saturated rings. The van der Waals surface area contributed by atoms with Crippen molar-refractivity contribution in [2.45, 2.75) is 6.92 Å². The molecule has 0 bridgehead atoms. The average Bonchev–Trinajstić information content (AvgIpc) is 2.62. The lowest BCUT2D eigenvalue weighted by Gasteiger charge is -2.02. The fraction of sp³-hybridized carbons (Fsp3) is 0.100. The second-order valence-corrected chi connectivity index (χ2v) is 3.32. The van der Waals surface area contributed by atoms with Crippen LogP contribution in [0, 0.1) is 6.92 Å². The number of rotatable bonds is 2. The molecule has 0 saturated heterocycles. The third-order valence-corrected chi connectivity index (χ3v) is 1.91. The standard InChI is InChI=1S/C10H9N3O4/c1-5-12-13-10(17-5)11-9(16)6-2-7(14)4-8(15)3-6/h2-4,14-15H,1H3,(H,11,13,16). The number of carbonyl (C=O) groups excluding carboxylic acids is 1. The maximum absolute atomic E-state index is 11.7. The van der Waals surface area contributed by atoms with E-state index >= 15 is 0 Å². The van der Waals surface area contributed by atoms with Crippen LogP contribution in [0.25, 0.3) is 0 Å². The van der Waals surface area contributed by atoms with Crippen molar-refractivity contribution in [2.24, 2.45) is 0 Å². The van der Waals surface area contributed by atoms with E-state index in [0.29, 0.717) is 5.89 Å². The number of nitrogens with one attached hydrogen (secondary N) is 1. The predicted octanol–water partition coefficient (Wildman–Crippen LogP) is 1.04. The highest BCUT2D eigenvalue weighted by atomic mass is 16.4. The first-order valence-corrected chi connectivity index (χ1v) is 4.69. The highest BCUT2D eigenvalue weighted by Gasteiger charge is 2.12. The summed E-state index contributed by atoms with van der Waals surface area (Å²) in [6, 6.07) is 3.49. The van der Waals surface area contributed by atoms with E-state index in [9.17, 15) is 15.0 Å². The quantitative estimate of drug-likeness (QED) is 0.717. The zero-order valence-corrected chi connectivity index (χ0v) is 8.84. The van der Waals surface area contributed by atoms with Gasteiger partial charge in [-0.2, -0.15) is 0 Å². The normalized spacial score (nSPS) is 10.2. The van der Waals surface area contributed by atoms with Gasteiger partial charge in [0, 0.05) is 18.6 Å². The third kappa shape index (κ3) is 2.51. The topological polar surface area (TPSA) is 108 Å². The van der Waals surface area contributed by atoms with Gasteiger partial charge < -0.3 is 14.6 Å². The van der Waals surface area contributed by atoms with Crippen molar-refractivity contribution in [1.29, 1.82) is 0 Å². The molecular weight excluding hydrogens is 226 g/mol. The van der Waals surface area contributed by atoms with Crippen LogP contribution < -0.4 is 5.32 Å². The molecular formula is C10H9N3O4. The minimum atomic E-state index is -0.570. The van der Waals surface area contributed by atoms with E-state index in [1.165, 1.54) is 12.1 Å². The summed E-state index contributed by atoms with van der Waals surface area (Å²) in [5, 5.41) is 27.9. The lowest BCUT2D eigenvalue weighted by Crippen LogP contribution is -2.11. The number of carbonyl (C=O) groups is 1. The largest absolute Gasteiger partial charge is 0.508 e. The minimum absolute atomic E-state index is 0.0460. The summed E-state index contributed by atoms with van der Waals surface area (Å²) >= 11 is 0. The van der Waals surface area contributed by atoms with E-state index in [2.05, 4.69) is 15.5 Å². The van der Waals surface area contributed by atoms with Gasteiger partial charge in [-0.05, 0) is 12.1 Å². The number of phenols is 2. The van der Waals surface area contributed by atoms with E-state index in [1.807, 2.05) is 0 Å². The Kier molecular flexibility index (Phi) is 2.65. The van der Waals surface area contributed by atoms with E-state index in [4.69, 9.17) is 4.42 Å². The molecule has 1 aromatic heterocycles. The monoisotopic (exact) mass is 235 g/mol. The van der Waals surface area contributed by atoms with Crippen molar-refractivity contribution < 1.29 is 19.4 Å². The Morgan fingerprint density at radius 1 is 1.24 bits per heavy atom. The predicted molar refractivity (Wildman–Crippen MR) is 56.8 cm³/mol. The van der Waals surface area contributed by atoms with E-state index in [0.717, 1.165) is 6.07 Å². The van der Waals surface area contributed by atoms with Crippen molar-refractivity contribution in [2.75, 3.05) is 5.32 Å². The number of nitrogens with zero attached hydrogens (tertiary/aromatic N) is 2. The van der Waals surface area contributed by atoms with Crippen LogP contribution in [0.5, 0.6) is 11.5 Å². The fourth-order valence-electron chi connectivity index (χ4n) is 1.24. The Morgan fingerprint density at radius 3 is 2.41 bits per heavy atom. The molecule has 0 radical (unpaired) electrons. The van der Waals surface area contributed by atoms with Crippen molar-refractivity contribution in [1.82, 2.24) is 10.2 Å². The number of aromatic nitrogens is 2. The molecule has 0 unspecified atom stereocenters. The highest BCUT2D eigenvalue weighted by Crippen LogP contribution is 2.21. The summed E-state index contributed by atoms with van der Waals surface area (Å²) in [7, 11) is 0. The van der Waals surface area contributed by atoms with Crippen LogP contribution in [-0.4, -0.2) is 26.3 Å². The summed E-state index contributed by atoms with van der Waals surface area (Å²) in [6.07, 6.45) is 0. The van der Waals surface area contributed by atoms with Gasteiger partial charge in [0.05, 0.1) is 0 Å². The SMILES string of the molecule is Cc1nnc(NC(=O)c2cc(O)cc(O)c2)o1. The van der Waals surface area contributed by atoms with E-state index < -0.39 is 5.91 Å². The Hall–Kier alpha value is -2.57. The molecule has 3 N–H and O–H groups in total. The molecule has 0 aliphatic heterocycles. The molecule has 0 spiro atoms. The Balaban J connectivity index is 2.19. The molecule has 1 amide bonds. The molecule has 1 heterocycles. The number of amides is 1. The van der Waals surface area contributed by atoms with Gasteiger partial charge >= 0.3 is 6.01 Å². The number of aryl methyl sites for hydroxylation is 1. The van der Waals surface area contributed by atoms with Gasteiger partial charge in [0.25, 0.3) is 5.91 Å². The number of hydrogen-bond donors (Lipinski definition) is 3. The van der Waals surface area contributed by atoms with Gasteiger partial charge in [-0.25, -0.2) is 0 Å². The highest BCUT2D eigenvalue weighted by molar-refractivity contribution is 6.03. The number of phenolic OH excluding ortho intramolecular Hbond substituents is 2. The van der Waals surface area contributed by atoms with E-state index in [-0.39, 0.29) is 23.1 Å². The molecule has 7 heteroatoms. The molecule has 7 nitrogen and oxygen atoms in total. The van der Waals surface area contributed by atoms with Crippen LogP contribution in [0.2, 0.25) is 0 Å². The fourth-order valence-corrected chi connectivity index (χ4v) is 1.24. The molecule has 2 aromatic rings. The van der Waals surface area contributed by atoms with Gasteiger partial charge in [0.15, 0.2) is 0 Å². The Morgan fingerprint density at radius 2 is 1.88 bits per heavy atom. The first-order chi connectivity index (χ1) is 8.04. The number of hydrogen-bond acceptors (Lipinski definition) is 6. The molecule has 17 heavy (non-hydrogen) atoms. The number of anilines is 1. The third-order valence-electron chi connectivity index (χ3n) is 1.91. The first kappa shape index (κ1) is 10.9. The molecule has 0 aliphatic rings. The van der Waals surface area contributed by atoms with Crippen molar-refractivity contribution in [3.63, 3.8) is 0 Å². The lowest BCUT2D eigenvalue weighted by molar-refractivity contribution is 0.102. The lowest BCUT2D eigenvalue weighted by atomic mass is 10.2. The molecule has 1 aromatic carbocycles. The second kappa shape index (κ2) is 4.12. The van der Waals surface area contributed by atoms with Gasteiger partial charge in [0.2, 0.25) is 5.89 Å². The van der Waals surface area contributed by atoms with Crippen molar-refractivity contribution in [3.8, 4) is 11.5 Å². The van der Waals surface area contributed by atoms with Gasteiger partial charge in [-0.15, -0.1) is 5.10 Å². The summed E-state index contributed by atoms with van der Waals surface area (Å²) in [5.74, 6) is -0.673. The molecule has 0 saturated carbocycles. The molecule has 0 atom stereocenters. The van der Waals surface area contributed by atoms with Crippen molar-refractivity contribution in [3.05, 3.63) is 29.7 Å². The van der Waals surface area contributed by atoms with E-state index in [1.54, 1.807) is 6.92 Å². The number of benzene rings is 1. The van der Waals surface area contributed by atoms with Crippen LogP contribution in [0.15, 0.2) is 22.6 Å². The van der Waals surface area contributed by atoms with Crippen LogP contribution in [0.4, 0.5) is 6.01 Å². The van der Waals surface area contributed by atoms with Crippen LogP contribution >= 0.6 is 0 Å². The van der Waals surface area contributed by atoms with Crippen LogP contribution in [-0.2, 0) is 0 Å². The smallest absolute Gasteiger partial charge is 0.322 e. The maximum Gasteiger partial charge on any atom is 0.322 e. The Bertz CT molecular complexity index is 544.